The maximum atomic E-state index is 13.8. The van der Waals surface area contributed by atoms with E-state index in [1.54, 1.807) is 12.1 Å². The van der Waals surface area contributed by atoms with Crippen molar-refractivity contribution in [3.05, 3.63) is 59.2 Å². The third-order valence-electron chi connectivity index (χ3n) is 3.27. The minimum atomic E-state index is -0.509. The van der Waals surface area contributed by atoms with Gasteiger partial charge in [0.1, 0.15) is 5.75 Å². The standard InChI is InChI=1S/C17H15ClFN3O2/c1-2-23-12-8-6-11(7-9-12)17-21-15(24-22-17)10-20-14-5-3-4-13(18)16(14)19/h3-9,20H,2,10H2,1H3. The van der Waals surface area contributed by atoms with Crippen LogP contribution in [0.3, 0.4) is 0 Å². The van der Waals surface area contributed by atoms with Gasteiger partial charge in [0.25, 0.3) is 0 Å². The molecule has 0 atom stereocenters. The van der Waals surface area contributed by atoms with Crippen LogP contribution in [0.5, 0.6) is 5.75 Å². The number of anilines is 1. The first-order valence-electron chi connectivity index (χ1n) is 7.41. The zero-order valence-electron chi connectivity index (χ0n) is 12.9. The first-order chi connectivity index (χ1) is 11.7. The van der Waals surface area contributed by atoms with Crippen molar-refractivity contribution in [1.29, 1.82) is 0 Å². The number of benzene rings is 2. The number of nitrogens with zero attached hydrogens (tertiary/aromatic N) is 2. The van der Waals surface area contributed by atoms with Crippen LogP contribution in [0.25, 0.3) is 11.4 Å². The molecular weight excluding hydrogens is 333 g/mol. The molecule has 1 aromatic heterocycles. The highest BCUT2D eigenvalue weighted by Crippen LogP contribution is 2.23. The van der Waals surface area contributed by atoms with Crippen LogP contribution in [0.15, 0.2) is 47.0 Å². The van der Waals surface area contributed by atoms with E-state index in [0.717, 1.165) is 11.3 Å². The molecule has 24 heavy (non-hydrogen) atoms. The van der Waals surface area contributed by atoms with E-state index in [1.807, 2.05) is 31.2 Å². The predicted molar refractivity (Wildman–Crippen MR) is 89.6 cm³/mol. The van der Waals surface area contributed by atoms with Crippen LogP contribution < -0.4 is 10.1 Å². The Kier molecular flexibility index (Phi) is 4.96. The van der Waals surface area contributed by atoms with E-state index >= 15 is 0 Å². The lowest BCUT2D eigenvalue weighted by molar-refractivity contribution is 0.340. The van der Waals surface area contributed by atoms with Crippen LogP contribution in [-0.2, 0) is 6.54 Å². The molecule has 3 rings (SSSR count). The Hall–Kier alpha value is -2.60. The average molecular weight is 348 g/mol. The van der Waals surface area contributed by atoms with Gasteiger partial charge in [-0.25, -0.2) is 4.39 Å². The Labute approximate surface area is 143 Å². The summed E-state index contributed by atoms with van der Waals surface area (Å²) in [4.78, 5) is 4.29. The van der Waals surface area contributed by atoms with Crippen molar-refractivity contribution >= 4 is 17.3 Å². The summed E-state index contributed by atoms with van der Waals surface area (Å²) >= 11 is 5.74. The Morgan fingerprint density at radius 1 is 1.21 bits per heavy atom. The molecule has 0 unspecified atom stereocenters. The van der Waals surface area contributed by atoms with Gasteiger partial charge in [0.2, 0.25) is 11.7 Å². The van der Waals surface area contributed by atoms with Crippen LogP contribution in [0.1, 0.15) is 12.8 Å². The number of nitrogens with one attached hydrogen (secondary N) is 1. The molecule has 0 saturated heterocycles. The third kappa shape index (κ3) is 3.65. The molecule has 0 bridgehead atoms. The zero-order valence-corrected chi connectivity index (χ0v) is 13.7. The quantitative estimate of drug-likeness (QED) is 0.709. The van der Waals surface area contributed by atoms with Crippen LogP contribution in [0, 0.1) is 5.82 Å². The Balaban J connectivity index is 1.68. The van der Waals surface area contributed by atoms with Gasteiger partial charge in [-0.15, -0.1) is 0 Å². The van der Waals surface area contributed by atoms with E-state index < -0.39 is 5.82 Å². The van der Waals surface area contributed by atoms with E-state index in [4.69, 9.17) is 20.9 Å². The fourth-order valence-corrected chi connectivity index (χ4v) is 2.30. The second-order valence-electron chi connectivity index (χ2n) is 4.92. The van der Waals surface area contributed by atoms with Crippen LogP contribution in [0.2, 0.25) is 5.02 Å². The van der Waals surface area contributed by atoms with Gasteiger partial charge in [-0.1, -0.05) is 22.8 Å². The van der Waals surface area contributed by atoms with Gasteiger partial charge < -0.3 is 14.6 Å². The molecule has 0 amide bonds. The molecular formula is C17H15ClFN3O2. The summed E-state index contributed by atoms with van der Waals surface area (Å²) in [6.07, 6.45) is 0. The van der Waals surface area contributed by atoms with Gasteiger partial charge in [0.05, 0.1) is 23.9 Å². The van der Waals surface area contributed by atoms with Crippen LogP contribution in [0.4, 0.5) is 10.1 Å². The molecule has 0 saturated carbocycles. The monoisotopic (exact) mass is 347 g/mol. The highest BCUT2D eigenvalue weighted by Gasteiger charge is 2.11. The van der Waals surface area contributed by atoms with Crippen molar-refractivity contribution in [2.45, 2.75) is 13.5 Å². The topological polar surface area (TPSA) is 60.2 Å². The summed E-state index contributed by atoms with van der Waals surface area (Å²) in [6.45, 7) is 2.73. The van der Waals surface area contributed by atoms with Crippen molar-refractivity contribution in [3.8, 4) is 17.1 Å². The molecule has 1 heterocycles. The van der Waals surface area contributed by atoms with Gasteiger partial charge in [-0.3, -0.25) is 0 Å². The van der Waals surface area contributed by atoms with Crippen molar-refractivity contribution < 1.29 is 13.7 Å². The van der Waals surface area contributed by atoms with Gasteiger partial charge in [-0.05, 0) is 43.3 Å². The van der Waals surface area contributed by atoms with Crippen molar-refractivity contribution in [3.63, 3.8) is 0 Å². The molecule has 1 N–H and O–H groups in total. The fraction of sp³-hybridized carbons (Fsp3) is 0.176. The molecule has 124 valence electrons. The lowest BCUT2D eigenvalue weighted by Crippen LogP contribution is -2.02. The van der Waals surface area contributed by atoms with E-state index in [0.29, 0.717) is 18.3 Å². The largest absolute Gasteiger partial charge is 0.494 e. The molecule has 2 aromatic carbocycles. The highest BCUT2D eigenvalue weighted by molar-refractivity contribution is 6.31. The maximum absolute atomic E-state index is 13.8. The summed E-state index contributed by atoms with van der Waals surface area (Å²) in [5, 5.41) is 6.87. The third-order valence-corrected chi connectivity index (χ3v) is 3.57. The first kappa shape index (κ1) is 16.3. The molecule has 0 aliphatic carbocycles. The number of ether oxygens (including phenoxy) is 1. The maximum Gasteiger partial charge on any atom is 0.246 e. The van der Waals surface area contributed by atoms with Crippen LogP contribution in [-0.4, -0.2) is 16.7 Å². The molecule has 5 nitrogen and oxygen atoms in total. The Morgan fingerprint density at radius 2 is 2.00 bits per heavy atom. The number of rotatable bonds is 6. The summed E-state index contributed by atoms with van der Waals surface area (Å²) in [6, 6.07) is 12.1. The Bertz CT molecular complexity index is 821. The first-order valence-corrected chi connectivity index (χ1v) is 7.79. The smallest absolute Gasteiger partial charge is 0.246 e. The fourth-order valence-electron chi connectivity index (χ4n) is 2.12. The molecule has 3 aromatic rings. The van der Waals surface area contributed by atoms with Gasteiger partial charge >= 0.3 is 0 Å². The second kappa shape index (κ2) is 7.31. The molecule has 0 fully saturated rings. The lowest BCUT2D eigenvalue weighted by atomic mass is 10.2. The molecule has 0 aliphatic heterocycles. The SMILES string of the molecule is CCOc1ccc(-c2noc(CNc3cccc(Cl)c3F)n2)cc1. The minimum absolute atomic E-state index is 0.0561. The van der Waals surface area contributed by atoms with Crippen molar-refractivity contribution in [1.82, 2.24) is 10.1 Å². The highest BCUT2D eigenvalue weighted by atomic mass is 35.5. The summed E-state index contributed by atoms with van der Waals surface area (Å²) in [5.74, 6) is 1.08. The zero-order chi connectivity index (χ0) is 16.9. The van der Waals surface area contributed by atoms with Gasteiger partial charge in [0.15, 0.2) is 5.82 Å². The summed E-state index contributed by atoms with van der Waals surface area (Å²) in [7, 11) is 0. The average Bonchev–Trinajstić information content (AvgIpc) is 3.06. The summed E-state index contributed by atoms with van der Waals surface area (Å²) < 4.78 is 24.4. The number of hydrogen-bond donors (Lipinski definition) is 1. The lowest BCUT2D eigenvalue weighted by Gasteiger charge is -2.05. The number of halogens is 2. The van der Waals surface area contributed by atoms with Crippen molar-refractivity contribution in [2.24, 2.45) is 0 Å². The van der Waals surface area contributed by atoms with E-state index in [1.165, 1.54) is 6.07 Å². The van der Waals surface area contributed by atoms with E-state index in [9.17, 15) is 4.39 Å². The molecule has 7 heteroatoms. The van der Waals surface area contributed by atoms with E-state index in [2.05, 4.69) is 15.5 Å². The normalized spacial score (nSPS) is 10.6. The van der Waals surface area contributed by atoms with Gasteiger partial charge in [-0.2, -0.15) is 4.98 Å². The Morgan fingerprint density at radius 3 is 2.75 bits per heavy atom. The summed E-state index contributed by atoms with van der Waals surface area (Å²) in [5.41, 5.74) is 1.09. The molecule has 0 radical (unpaired) electrons. The van der Waals surface area contributed by atoms with E-state index in [-0.39, 0.29) is 17.3 Å². The molecule has 0 aliphatic rings. The van der Waals surface area contributed by atoms with Gasteiger partial charge in [0, 0.05) is 5.56 Å². The minimum Gasteiger partial charge on any atom is -0.494 e. The number of hydrogen-bond acceptors (Lipinski definition) is 5. The molecule has 0 spiro atoms. The predicted octanol–water partition coefficient (Wildman–Crippen LogP) is 4.54. The second-order valence-corrected chi connectivity index (χ2v) is 5.33. The number of aromatic nitrogens is 2. The van der Waals surface area contributed by atoms with Crippen molar-refractivity contribution in [2.75, 3.05) is 11.9 Å². The van der Waals surface area contributed by atoms with Crippen LogP contribution >= 0.6 is 11.6 Å².